The van der Waals surface area contributed by atoms with E-state index >= 15 is 0 Å². The molecule has 0 saturated heterocycles. The highest BCUT2D eigenvalue weighted by Crippen LogP contribution is 2.22. The van der Waals surface area contributed by atoms with Crippen molar-refractivity contribution in [2.45, 2.75) is 51.2 Å². The number of halogens is 2. The van der Waals surface area contributed by atoms with Crippen molar-refractivity contribution in [2.24, 2.45) is 0 Å². The van der Waals surface area contributed by atoms with Crippen molar-refractivity contribution >= 4 is 17.5 Å². The van der Waals surface area contributed by atoms with Crippen molar-refractivity contribution in [1.29, 1.82) is 0 Å². The minimum Gasteiger partial charge on any atom is -0.352 e. The van der Waals surface area contributed by atoms with E-state index in [9.17, 15) is 18.4 Å². The molecule has 1 fully saturated rings. The van der Waals surface area contributed by atoms with Crippen LogP contribution in [-0.4, -0.2) is 44.1 Å². The van der Waals surface area contributed by atoms with E-state index in [2.05, 4.69) is 20.7 Å². The highest BCUT2D eigenvalue weighted by molar-refractivity contribution is 6.00. The molecule has 3 aromatic rings. The van der Waals surface area contributed by atoms with Gasteiger partial charge in [-0.2, -0.15) is 4.80 Å². The summed E-state index contributed by atoms with van der Waals surface area (Å²) in [5, 5.41) is 15.0. The predicted octanol–water partition coefficient (Wildman–Crippen LogP) is 3.10. The van der Waals surface area contributed by atoms with E-state index in [1.807, 2.05) is 0 Å². The zero-order valence-electron chi connectivity index (χ0n) is 18.1. The van der Waals surface area contributed by atoms with Gasteiger partial charge in [0.1, 0.15) is 24.2 Å². The zero-order chi connectivity index (χ0) is 23.4. The average Bonchev–Trinajstić information content (AvgIpc) is 3.47. The number of nitrogens with zero attached hydrogens (tertiary/aromatic N) is 5. The second-order valence-electron chi connectivity index (χ2n) is 8.06. The number of anilines is 1. The number of hydrogen-bond donors (Lipinski definition) is 1. The number of hydrogen-bond acceptors (Lipinski definition) is 5. The topological polar surface area (TPSA) is 93.0 Å². The number of rotatable bonds is 7. The standard InChI is InChI=1S/C23H24F2N6O2/c1-15(23(33)26-19-6-2-3-7-19)31(20-8-4-5-18(25)13-20)21(32)14-30-28-22(27-29-30)16-9-11-17(24)12-10-16/h4-5,8-13,15,19H,2-3,6-7,14H2,1H3,(H,26,33). The summed E-state index contributed by atoms with van der Waals surface area (Å²) in [7, 11) is 0. The van der Waals surface area contributed by atoms with Crippen LogP contribution in [0.15, 0.2) is 48.5 Å². The van der Waals surface area contributed by atoms with Crippen molar-refractivity contribution < 1.29 is 18.4 Å². The molecule has 1 unspecified atom stereocenters. The van der Waals surface area contributed by atoms with Gasteiger partial charge in [-0.05, 0) is 67.4 Å². The van der Waals surface area contributed by atoms with Gasteiger partial charge in [0.25, 0.3) is 5.91 Å². The van der Waals surface area contributed by atoms with Crippen LogP contribution in [0.25, 0.3) is 11.4 Å². The zero-order valence-corrected chi connectivity index (χ0v) is 18.1. The second-order valence-corrected chi connectivity index (χ2v) is 8.06. The lowest BCUT2D eigenvalue weighted by atomic mass is 10.1. The molecule has 2 aromatic carbocycles. The maximum absolute atomic E-state index is 13.9. The fourth-order valence-electron chi connectivity index (χ4n) is 3.94. The number of nitrogens with one attached hydrogen (secondary N) is 1. The Kier molecular flexibility index (Phi) is 6.71. The summed E-state index contributed by atoms with van der Waals surface area (Å²) in [5.74, 6) is -1.49. The van der Waals surface area contributed by atoms with Gasteiger partial charge in [-0.1, -0.05) is 18.9 Å². The Labute approximate surface area is 189 Å². The summed E-state index contributed by atoms with van der Waals surface area (Å²) in [4.78, 5) is 28.5. The number of tetrazole rings is 1. The lowest BCUT2D eigenvalue weighted by molar-refractivity contribution is -0.127. The third-order valence-corrected chi connectivity index (χ3v) is 5.66. The molecule has 1 atom stereocenters. The number of amides is 2. The van der Waals surface area contributed by atoms with Gasteiger partial charge in [-0.25, -0.2) is 8.78 Å². The van der Waals surface area contributed by atoms with Crippen LogP contribution < -0.4 is 10.2 Å². The molecule has 172 valence electrons. The Hall–Kier alpha value is -3.69. The largest absolute Gasteiger partial charge is 0.352 e. The van der Waals surface area contributed by atoms with E-state index in [4.69, 9.17) is 0 Å². The van der Waals surface area contributed by atoms with Crippen LogP contribution >= 0.6 is 0 Å². The summed E-state index contributed by atoms with van der Waals surface area (Å²) >= 11 is 0. The quantitative estimate of drug-likeness (QED) is 0.592. The average molecular weight is 454 g/mol. The first-order valence-corrected chi connectivity index (χ1v) is 10.8. The van der Waals surface area contributed by atoms with Crippen molar-refractivity contribution in [3.63, 3.8) is 0 Å². The number of benzene rings is 2. The molecule has 1 aliphatic carbocycles. The third-order valence-electron chi connectivity index (χ3n) is 5.66. The molecule has 33 heavy (non-hydrogen) atoms. The molecule has 0 radical (unpaired) electrons. The molecule has 4 rings (SSSR count). The highest BCUT2D eigenvalue weighted by Gasteiger charge is 2.30. The third kappa shape index (κ3) is 5.39. The number of carbonyl (C=O) groups is 2. The van der Waals surface area contributed by atoms with E-state index < -0.39 is 23.6 Å². The van der Waals surface area contributed by atoms with Crippen molar-refractivity contribution in [1.82, 2.24) is 25.5 Å². The van der Waals surface area contributed by atoms with Gasteiger partial charge in [0, 0.05) is 17.3 Å². The van der Waals surface area contributed by atoms with Crippen LogP contribution in [0.3, 0.4) is 0 Å². The molecule has 0 bridgehead atoms. The van der Waals surface area contributed by atoms with Crippen LogP contribution in [0.2, 0.25) is 0 Å². The first-order chi connectivity index (χ1) is 15.9. The minimum absolute atomic E-state index is 0.0830. The van der Waals surface area contributed by atoms with Gasteiger partial charge >= 0.3 is 0 Å². The fourth-order valence-corrected chi connectivity index (χ4v) is 3.94. The number of aromatic nitrogens is 4. The van der Waals surface area contributed by atoms with E-state index in [0.717, 1.165) is 30.5 Å². The molecular weight excluding hydrogens is 430 g/mol. The van der Waals surface area contributed by atoms with E-state index in [1.165, 1.54) is 47.4 Å². The van der Waals surface area contributed by atoms with E-state index in [1.54, 1.807) is 13.0 Å². The maximum atomic E-state index is 13.9. The van der Waals surface area contributed by atoms with Crippen LogP contribution in [-0.2, 0) is 16.1 Å². The molecule has 10 heteroatoms. The molecule has 1 N–H and O–H groups in total. The van der Waals surface area contributed by atoms with Gasteiger partial charge in [-0.3, -0.25) is 14.5 Å². The van der Waals surface area contributed by atoms with Gasteiger partial charge in [-0.15, -0.1) is 10.2 Å². The molecule has 8 nitrogen and oxygen atoms in total. The lowest BCUT2D eigenvalue weighted by Gasteiger charge is -2.29. The number of carbonyl (C=O) groups excluding carboxylic acids is 2. The molecule has 0 spiro atoms. The second kappa shape index (κ2) is 9.85. The van der Waals surface area contributed by atoms with E-state index in [-0.39, 0.29) is 30.0 Å². The van der Waals surface area contributed by atoms with Crippen LogP contribution in [0.5, 0.6) is 0 Å². The molecule has 2 amide bonds. The molecule has 1 aliphatic rings. The first kappa shape index (κ1) is 22.5. The summed E-state index contributed by atoms with van der Waals surface area (Å²) in [6.07, 6.45) is 3.92. The van der Waals surface area contributed by atoms with Gasteiger partial charge in [0.15, 0.2) is 0 Å². The summed E-state index contributed by atoms with van der Waals surface area (Å²) < 4.78 is 27.1. The van der Waals surface area contributed by atoms with Gasteiger partial charge in [0.2, 0.25) is 11.7 Å². The SMILES string of the molecule is CC(C(=O)NC1CCCC1)N(C(=O)Cn1nnc(-c2ccc(F)cc2)n1)c1cccc(F)c1. The first-order valence-electron chi connectivity index (χ1n) is 10.8. The molecular formula is C23H24F2N6O2. The Bertz CT molecular complexity index is 1130. The molecule has 1 aromatic heterocycles. The monoisotopic (exact) mass is 454 g/mol. The van der Waals surface area contributed by atoms with Crippen LogP contribution in [0.1, 0.15) is 32.6 Å². The van der Waals surface area contributed by atoms with Crippen molar-refractivity contribution in [3.8, 4) is 11.4 Å². The molecule has 1 heterocycles. The molecule has 0 aliphatic heterocycles. The smallest absolute Gasteiger partial charge is 0.251 e. The Morgan fingerprint density at radius 3 is 2.55 bits per heavy atom. The summed E-state index contributed by atoms with van der Waals surface area (Å²) in [6, 6.07) is 10.3. The van der Waals surface area contributed by atoms with Crippen molar-refractivity contribution in [2.75, 3.05) is 4.90 Å². The predicted molar refractivity (Wildman–Crippen MR) is 117 cm³/mol. The van der Waals surface area contributed by atoms with Crippen LogP contribution in [0, 0.1) is 11.6 Å². The van der Waals surface area contributed by atoms with E-state index in [0.29, 0.717) is 5.56 Å². The Morgan fingerprint density at radius 2 is 1.85 bits per heavy atom. The minimum atomic E-state index is -0.875. The Morgan fingerprint density at radius 1 is 1.12 bits per heavy atom. The maximum Gasteiger partial charge on any atom is 0.251 e. The Balaban J connectivity index is 1.54. The summed E-state index contributed by atoms with van der Waals surface area (Å²) in [5.41, 5.74) is 0.800. The normalized spacial score (nSPS) is 14.8. The highest BCUT2D eigenvalue weighted by atomic mass is 19.1. The summed E-state index contributed by atoms with van der Waals surface area (Å²) in [6.45, 7) is 1.29. The van der Waals surface area contributed by atoms with Gasteiger partial charge in [0.05, 0.1) is 0 Å². The van der Waals surface area contributed by atoms with Gasteiger partial charge < -0.3 is 5.32 Å². The molecule has 1 saturated carbocycles. The van der Waals surface area contributed by atoms with Crippen LogP contribution in [0.4, 0.5) is 14.5 Å². The lowest BCUT2D eigenvalue weighted by Crippen LogP contribution is -2.51. The fraction of sp³-hybridized carbons (Fsp3) is 0.348. The van der Waals surface area contributed by atoms with Crippen molar-refractivity contribution in [3.05, 3.63) is 60.2 Å².